The van der Waals surface area contributed by atoms with Gasteiger partial charge >= 0.3 is 6.18 Å². The minimum absolute atomic E-state index is 0.0991. The van der Waals surface area contributed by atoms with E-state index >= 15 is 0 Å². The van der Waals surface area contributed by atoms with Crippen LogP contribution in [0, 0.1) is 0 Å². The topological polar surface area (TPSA) is 64.3 Å². The predicted molar refractivity (Wildman–Crippen MR) is 74.5 cm³/mol. The summed E-state index contributed by atoms with van der Waals surface area (Å²) in [5, 5.41) is 2.26. The zero-order valence-electron chi connectivity index (χ0n) is 11.7. The number of halogens is 4. The molecule has 1 unspecified atom stereocenters. The van der Waals surface area contributed by atoms with E-state index < -0.39 is 17.6 Å². The monoisotopic (exact) mass is 324 g/mol. The van der Waals surface area contributed by atoms with Crippen LogP contribution in [0.3, 0.4) is 0 Å². The van der Waals surface area contributed by atoms with E-state index in [1.165, 1.54) is 18.2 Å². The Morgan fingerprint density at radius 2 is 1.95 bits per heavy atom. The molecule has 1 rings (SSSR count). The highest BCUT2D eigenvalue weighted by molar-refractivity contribution is 6.32. The third-order valence-corrected chi connectivity index (χ3v) is 2.91. The number of benzene rings is 1. The van der Waals surface area contributed by atoms with E-state index in [1.807, 2.05) is 0 Å². The highest BCUT2D eigenvalue weighted by Gasteiger charge is 2.53. The summed E-state index contributed by atoms with van der Waals surface area (Å²) in [5.41, 5.74) is 2.13. The summed E-state index contributed by atoms with van der Waals surface area (Å²) in [5.74, 6) is -1.00. The molecule has 0 aliphatic heterocycles. The second kappa shape index (κ2) is 6.11. The van der Waals surface area contributed by atoms with Crippen LogP contribution in [-0.4, -0.2) is 23.7 Å². The lowest BCUT2D eigenvalue weighted by Crippen LogP contribution is -2.59. The molecule has 1 amide bonds. The van der Waals surface area contributed by atoms with Gasteiger partial charge in [0, 0.05) is 5.69 Å². The van der Waals surface area contributed by atoms with Crippen LogP contribution in [0.5, 0.6) is 5.75 Å². The molecule has 0 saturated heterocycles. The summed E-state index contributed by atoms with van der Waals surface area (Å²) < 4.78 is 43.3. The molecule has 1 aromatic carbocycles. The van der Waals surface area contributed by atoms with E-state index in [2.05, 4.69) is 5.32 Å². The van der Waals surface area contributed by atoms with Crippen LogP contribution < -0.4 is 15.8 Å². The summed E-state index contributed by atoms with van der Waals surface area (Å²) in [6.07, 6.45) is -4.97. The van der Waals surface area contributed by atoms with Gasteiger partial charge in [0.05, 0.1) is 11.1 Å². The summed E-state index contributed by atoms with van der Waals surface area (Å²) in [4.78, 5) is 11.6. The first-order valence-electron chi connectivity index (χ1n) is 6.08. The van der Waals surface area contributed by atoms with Gasteiger partial charge in [-0.25, -0.2) is 0 Å². The van der Waals surface area contributed by atoms with E-state index in [0.29, 0.717) is 12.7 Å². The molecular formula is C13H16ClF3N2O2. The minimum atomic E-state index is -4.86. The maximum atomic E-state index is 12.6. The van der Waals surface area contributed by atoms with Crippen molar-refractivity contribution in [2.24, 2.45) is 5.73 Å². The third kappa shape index (κ3) is 4.25. The first kappa shape index (κ1) is 17.6. The Morgan fingerprint density at radius 3 is 2.38 bits per heavy atom. The number of rotatable bonds is 4. The van der Waals surface area contributed by atoms with Crippen molar-refractivity contribution in [3.8, 4) is 5.75 Å². The number of nitrogens with one attached hydrogen (secondary N) is 1. The first-order valence-corrected chi connectivity index (χ1v) is 6.46. The number of amides is 1. The van der Waals surface area contributed by atoms with Crippen molar-refractivity contribution < 1.29 is 22.7 Å². The van der Waals surface area contributed by atoms with Gasteiger partial charge in [-0.15, -0.1) is 0 Å². The number of hydrogen-bond acceptors (Lipinski definition) is 3. The third-order valence-electron chi connectivity index (χ3n) is 2.61. The molecule has 0 saturated carbocycles. The van der Waals surface area contributed by atoms with E-state index in [9.17, 15) is 18.0 Å². The quantitative estimate of drug-likeness (QED) is 0.892. The number of nitrogens with two attached hydrogens (primary N) is 1. The van der Waals surface area contributed by atoms with Crippen LogP contribution >= 0.6 is 11.6 Å². The molecule has 0 bridgehead atoms. The molecule has 1 aromatic rings. The SMILES string of the molecule is CC(C)Oc1ccc(NC(=O)C(C)(N)C(F)(F)F)cc1Cl. The summed E-state index contributed by atoms with van der Waals surface area (Å²) >= 11 is 5.93. The Kier molecular flexibility index (Phi) is 5.11. The van der Waals surface area contributed by atoms with Crippen LogP contribution in [0.4, 0.5) is 18.9 Å². The second-order valence-corrected chi connectivity index (χ2v) is 5.37. The van der Waals surface area contributed by atoms with Gasteiger partial charge in [0.1, 0.15) is 5.75 Å². The van der Waals surface area contributed by atoms with Crippen molar-refractivity contribution in [3.63, 3.8) is 0 Å². The number of anilines is 1. The van der Waals surface area contributed by atoms with Crippen LogP contribution in [0.15, 0.2) is 18.2 Å². The van der Waals surface area contributed by atoms with Gasteiger partial charge in [-0.3, -0.25) is 4.79 Å². The Balaban J connectivity index is 2.90. The molecule has 0 radical (unpaired) electrons. The maximum Gasteiger partial charge on any atom is 0.415 e. The van der Waals surface area contributed by atoms with Gasteiger partial charge in [0.15, 0.2) is 5.54 Å². The van der Waals surface area contributed by atoms with Crippen LogP contribution in [0.1, 0.15) is 20.8 Å². The second-order valence-electron chi connectivity index (χ2n) is 4.97. The number of ether oxygens (including phenoxy) is 1. The fourth-order valence-corrected chi connectivity index (χ4v) is 1.54. The van der Waals surface area contributed by atoms with Gasteiger partial charge in [-0.05, 0) is 39.0 Å². The molecule has 21 heavy (non-hydrogen) atoms. The molecule has 0 aliphatic carbocycles. The summed E-state index contributed by atoms with van der Waals surface area (Å²) in [7, 11) is 0. The predicted octanol–water partition coefficient (Wildman–Crippen LogP) is 3.35. The van der Waals surface area contributed by atoms with Crippen LogP contribution in [0.25, 0.3) is 0 Å². The zero-order chi connectivity index (χ0) is 16.4. The fraction of sp³-hybridized carbons (Fsp3) is 0.462. The Bertz CT molecular complexity index is 531. The van der Waals surface area contributed by atoms with Gasteiger partial charge < -0.3 is 15.8 Å². The van der Waals surface area contributed by atoms with Gasteiger partial charge in [0.2, 0.25) is 0 Å². The lowest BCUT2D eigenvalue weighted by molar-refractivity contribution is -0.184. The fourth-order valence-electron chi connectivity index (χ4n) is 1.32. The number of carbonyl (C=O) groups is 1. The van der Waals surface area contributed by atoms with E-state index in [-0.39, 0.29) is 16.8 Å². The van der Waals surface area contributed by atoms with Crippen molar-refractivity contribution in [3.05, 3.63) is 23.2 Å². The van der Waals surface area contributed by atoms with Crippen LogP contribution in [0.2, 0.25) is 5.02 Å². The van der Waals surface area contributed by atoms with Crippen molar-refractivity contribution in [2.75, 3.05) is 5.32 Å². The summed E-state index contributed by atoms with van der Waals surface area (Å²) in [6, 6.07) is 4.14. The highest BCUT2D eigenvalue weighted by atomic mass is 35.5. The number of carbonyl (C=O) groups excluding carboxylic acids is 1. The number of alkyl halides is 3. The summed E-state index contributed by atoms with van der Waals surface area (Å²) in [6.45, 7) is 4.20. The molecule has 0 spiro atoms. The smallest absolute Gasteiger partial charge is 0.415 e. The normalized spacial score (nSPS) is 14.7. The molecule has 0 heterocycles. The van der Waals surface area contributed by atoms with E-state index in [4.69, 9.17) is 22.1 Å². The van der Waals surface area contributed by atoms with E-state index in [1.54, 1.807) is 13.8 Å². The molecule has 0 aliphatic rings. The van der Waals surface area contributed by atoms with Crippen molar-refractivity contribution >= 4 is 23.2 Å². The van der Waals surface area contributed by atoms with Gasteiger partial charge in [0.25, 0.3) is 5.91 Å². The standard InChI is InChI=1S/C13H16ClF3N2O2/c1-7(2)21-10-5-4-8(6-9(10)14)19-11(20)12(3,18)13(15,16)17/h4-7H,18H2,1-3H3,(H,19,20). The average molecular weight is 325 g/mol. The molecule has 3 N–H and O–H groups in total. The molecule has 0 fully saturated rings. The van der Waals surface area contributed by atoms with Crippen molar-refractivity contribution in [1.82, 2.24) is 0 Å². The minimum Gasteiger partial charge on any atom is -0.489 e. The Labute approximate surface area is 125 Å². The van der Waals surface area contributed by atoms with E-state index in [0.717, 1.165) is 0 Å². The molecular weight excluding hydrogens is 309 g/mol. The molecule has 1 atom stereocenters. The Morgan fingerprint density at radius 1 is 1.38 bits per heavy atom. The Hall–Kier alpha value is -1.47. The van der Waals surface area contributed by atoms with Crippen molar-refractivity contribution in [1.29, 1.82) is 0 Å². The molecule has 4 nitrogen and oxygen atoms in total. The highest BCUT2D eigenvalue weighted by Crippen LogP contribution is 2.31. The molecule has 8 heteroatoms. The largest absolute Gasteiger partial charge is 0.489 e. The zero-order valence-corrected chi connectivity index (χ0v) is 12.5. The van der Waals surface area contributed by atoms with Gasteiger partial charge in [-0.2, -0.15) is 13.2 Å². The van der Waals surface area contributed by atoms with Crippen molar-refractivity contribution in [2.45, 2.75) is 38.6 Å². The lowest BCUT2D eigenvalue weighted by Gasteiger charge is -2.26. The molecule has 118 valence electrons. The molecule has 0 aromatic heterocycles. The first-order chi connectivity index (χ1) is 9.45. The van der Waals surface area contributed by atoms with Crippen LogP contribution in [-0.2, 0) is 4.79 Å². The lowest BCUT2D eigenvalue weighted by atomic mass is 10.0. The average Bonchev–Trinajstić information content (AvgIpc) is 2.30. The van der Waals surface area contributed by atoms with Gasteiger partial charge in [-0.1, -0.05) is 11.6 Å². The number of hydrogen-bond donors (Lipinski definition) is 2. The maximum absolute atomic E-state index is 12.6.